The van der Waals surface area contributed by atoms with Crippen molar-refractivity contribution in [3.8, 4) is 5.75 Å². The lowest BCUT2D eigenvalue weighted by atomic mass is 9.92. The van der Waals surface area contributed by atoms with Gasteiger partial charge in [0.15, 0.2) is 0 Å². The number of carbonyl (C=O) groups is 1. The van der Waals surface area contributed by atoms with Crippen LogP contribution in [0.15, 0.2) is 18.2 Å². The van der Waals surface area contributed by atoms with Crippen molar-refractivity contribution in [2.24, 2.45) is 0 Å². The first kappa shape index (κ1) is 13.9. The molecule has 1 aliphatic rings. The first-order valence-corrected chi connectivity index (χ1v) is 6.75. The van der Waals surface area contributed by atoms with Crippen molar-refractivity contribution in [1.29, 1.82) is 0 Å². The van der Waals surface area contributed by atoms with Crippen LogP contribution in [0.5, 0.6) is 5.75 Å². The molecule has 19 heavy (non-hydrogen) atoms. The maximum atomic E-state index is 12.2. The van der Waals surface area contributed by atoms with E-state index in [1.54, 1.807) is 19.2 Å². The smallest absolute Gasteiger partial charge is 0.251 e. The average molecular weight is 263 g/mol. The van der Waals surface area contributed by atoms with Crippen LogP contribution in [0.4, 0.5) is 0 Å². The lowest BCUT2D eigenvalue weighted by Crippen LogP contribution is -2.45. The number of methoxy groups -OCH3 is 1. The summed E-state index contributed by atoms with van der Waals surface area (Å²) >= 11 is 0. The van der Waals surface area contributed by atoms with Gasteiger partial charge in [0.2, 0.25) is 0 Å². The van der Waals surface area contributed by atoms with E-state index in [4.69, 9.17) is 4.74 Å². The van der Waals surface area contributed by atoms with E-state index in [0.717, 1.165) is 31.2 Å². The molecule has 0 radical (unpaired) electrons. The van der Waals surface area contributed by atoms with E-state index < -0.39 is 6.10 Å². The van der Waals surface area contributed by atoms with E-state index in [0.29, 0.717) is 11.3 Å². The van der Waals surface area contributed by atoms with Crippen LogP contribution in [0.3, 0.4) is 0 Å². The highest BCUT2D eigenvalue weighted by Gasteiger charge is 2.24. The quantitative estimate of drug-likeness (QED) is 0.877. The summed E-state index contributed by atoms with van der Waals surface area (Å²) in [5, 5.41) is 12.8. The van der Waals surface area contributed by atoms with Crippen molar-refractivity contribution in [2.45, 2.75) is 44.8 Å². The van der Waals surface area contributed by atoms with Crippen LogP contribution in [0.2, 0.25) is 0 Å². The number of carbonyl (C=O) groups excluding carboxylic acids is 1. The van der Waals surface area contributed by atoms with Gasteiger partial charge >= 0.3 is 0 Å². The highest BCUT2D eigenvalue weighted by atomic mass is 16.5. The average Bonchev–Trinajstić information content (AvgIpc) is 2.42. The Balaban J connectivity index is 2.07. The zero-order valence-electron chi connectivity index (χ0n) is 11.5. The van der Waals surface area contributed by atoms with Gasteiger partial charge in [-0.25, -0.2) is 0 Å². The normalized spacial score (nSPS) is 22.9. The predicted molar refractivity (Wildman–Crippen MR) is 73.5 cm³/mol. The molecule has 1 aromatic rings. The molecule has 4 heteroatoms. The number of aryl methyl sites for hydroxylation is 1. The monoisotopic (exact) mass is 263 g/mol. The summed E-state index contributed by atoms with van der Waals surface area (Å²) in [7, 11) is 1.59. The highest BCUT2D eigenvalue weighted by molar-refractivity contribution is 5.95. The van der Waals surface area contributed by atoms with Gasteiger partial charge in [0.1, 0.15) is 5.75 Å². The van der Waals surface area contributed by atoms with Crippen molar-refractivity contribution < 1.29 is 14.6 Å². The van der Waals surface area contributed by atoms with E-state index in [2.05, 4.69) is 5.32 Å². The predicted octanol–water partition coefficient (Wildman–Crippen LogP) is 2.04. The van der Waals surface area contributed by atoms with Gasteiger partial charge in [0.05, 0.1) is 19.3 Å². The number of nitrogens with one attached hydrogen (secondary N) is 1. The van der Waals surface area contributed by atoms with Crippen molar-refractivity contribution in [2.75, 3.05) is 7.11 Å². The molecule has 2 atom stereocenters. The third kappa shape index (κ3) is 3.26. The molecule has 1 aromatic carbocycles. The Kier molecular flexibility index (Phi) is 4.43. The molecule has 0 saturated heterocycles. The molecule has 1 amide bonds. The molecule has 4 nitrogen and oxygen atoms in total. The summed E-state index contributed by atoms with van der Waals surface area (Å²) in [4.78, 5) is 12.2. The summed E-state index contributed by atoms with van der Waals surface area (Å²) in [5.41, 5.74) is 1.57. The number of rotatable bonds is 3. The molecule has 0 heterocycles. The van der Waals surface area contributed by atoms with E-state index in [-0.39, 0.29) is 11.9 Å². The van der Waals surface area contributed by atoms with Gasteiger partial charge < -0.3 is 15.2 Å². The Bertz CT molecular complexity index is 459. The Morgan fingerprint density at radius 1 is 1.37 bits per heavy atom. The second-order valence-electron chi connectivity index (χ2n) is 5.12. The van der Waals surface area contributed by atoms with Gasteiger partial charge in [0.25, 0.3) is 5.91 Å². The molecule has 0 spiro atoms. The number of ether oxygens (including phenoxy) is 1. The molecule has 0 aromatic heterocycles. The van der Waals surface area contributed by atoms with Crippen LogP contribution in [0.1, 0.15) is 41.6 Å². The van der Waals surface area contributed by atoms with Crippen LogP contribution in [0.25, 0.3) is 0 Å². The number of aliphatic hydroxyl groups excluding tert-OH is 1. The lowest BCUT2D eigenvalue weighted by Gasteiger charge is -2.28. The van der Waals surface area contributed by atoms with E-state index in [9.17, 15) is 9.90 Å². The van der Waals surface area contributed by atoms with Gasteiger partial charge in [-0.2, -0.15) is 0 Å². The summed E-state index contributed by atoms with van der Waals surface area (Å²) in [6.45, 7) is 1.94. The second kappa shape index (κ2) is 6.06. The molecule has 1 saturated carbocycles. The van der Waals surface area contributed by atoms with E-state index in [1.807, 2.05) is 13.0 Å². The fourth-order valence-electron chi connectivity index (χ4n) is 2.49. The Labute approximate surface area is 113 Å². The summed E-state index contributed by atoms with van der Waals surface area (Å²) in [5.74, 6) is 0.557. The maximum Gasteiger partial charge on any atom is 0.251 e. The maximum absolute atomic E-state index is 12.2. The van der Waals surface area contributed by atoms with Crippen molar-refractivity contribution >= 4 is 5.91 Å². The molecular formula is C15H21NO3. The zero-order chi connectivity index (χ0) is 13.8. The van der Waals surface area contributed by atoms with Gasteiger partial charge in [-0.1, -0.05) is 18.9 Å². The molecule has 2 N–H and O–H groups in total. The van der Waals surface area contributed by atoms with Crippen molar-refractivity contribution in [3.05, 3.63) is 29.3 Å². The first-order chi connectivity index (χ1) is 9.11. The number of aliphatic hydroxyl groups is 1. The second-order valence-corrected chi connectivity index (χ2v) is 5.12. The molecule has 2 rings (SSSR count). The molecular weight excluding hydrogens is 242 g/mol. The number of benzene rings is 1. The third-order valence-corrected chi connectivity index (χ3v) is 3.72. The summed E-state index contributed by atoms with van der Waals surface area (Å²) in [6.07, 6.45) is 3.27. The number of hydrogen-bond acceptors (Lipinski definition) is 3. The van der Waals surface area contributed by atoms with Crippen molar-refractivity contribution in [3.63, 3.8) is 0 Å². The fraction of sp³-hybridized carbons (Fsp3) is 0.533. The minimum Gasteiger partial charge on any atom is -0.496 e. The van der Waals surface area contributed by atoms with Gasteiger partial charge in [-0.15, -0.1) is 0 Å². The van der Waals surface area contributed by atoms with Crippen LogP contribution in [-0.4, -0.2) is 30.3 Å². The SMILES string of the molecule is COc1cc(C(=O)N[C@@H]2CCCC[C@H]2O)ccc1C. The standard InChI is InChI=1S/C15H21NO3/c1-10-7-8-11(9-14(10)19-2)15(18)16-12-5-3-4-6-13(12)17/h7-9,12-13,17H,3-6H2,1-2H3,(H,16,18)/t12-,13-/m1/s1. The van der Waals surface area contributed by atoms with E-state index >= 15 is 0 Å². The van der Waals surface area contributed by atoms with Gasteiger partial charge in [-0.3, -0.25) is 4.79 Å². The topological polar surface area (TPSA) is 58.6 Å². The first-order valence-electron chi connectivity index (χ1n) is 6.75. The van der Waals surface area contributed by atoms with Crippen LogP contribution < -0.4 is 10.1 Å². The zero-order valence-corrected chi connectivity index (χ0v) is 11.5. The van der Waals surface area contributed by atoms with E-state index in [1.165, 1.54) is 0 Å². The molecule has 104 valence electrons. The molecule has 1 fully saturated rings. The molecule has 0 aliphatic heterocycles. The van der Waals surface area contributed by atoms with Crippen LogP contribution >= 0.6 is 0 Å². The van der Waals surface area contributed by atoms with Crippen LogP contribution in [-0.2, 0) is 0 Å². The van der Waals surface area contributed by atoms with Crippen molar-refractivity contribution in [1.82, 2.24) is 5.32 Å². The Hall–Kier alpha value is -1.55. The Morgan fingerprint density at radius 2 is 2.11 bits per heavy atom. The Morgan fingerprint density at radius 3 is 2.79 bits per heavy atom. The molecule has 0 unspecified atom stereocenters. The summed E-state index contributed by atoms with van der Waals surface area (Å²) in [6, 6.07) is 5.25. The largest absolute Gasteiger partial charge is 0.496 e. The number of amides is 1. The van der Waals surface area contributed by atoms with Gasteiger partial charge in [0, 0.05) is 5.56 Å². The fourth-order valence-corrected chi connectivity index (χ4v) is 2.49. The minimum absolute atomic E-state index is 0.131. The summed E-state index contributed by atoms with van der Waals surface area (Å²) < 4.78 is 5.22. The molecule has 1 aliphatic carbocycles. The highest BCUT2D eigenvalue weighted by Crippen LogP contribution is 2.21. The lowest BCUT2D eigenvalue weighted by molar-refractivity contribution is 0.0717. The minimum atomic E-state index is -0.426. The van der Waals surface area contributed by atoms with Gasteiger partial charge in [-0.05, 0) is 37.5 Å². The third-order valence-electron chi connectivity index (χ3n) is 3.72. The number of hydrogen-bond donors (Lipinski definition) is 2. The van der Waals surface area contributed by atoms with Crippen LogP contribution in [0, 0.1) is 6.92 Å². The molecule has 0 bridgehead atoms.